The first-order valence-corrected chi connectivity index (χ1v) is 10.8. The van der Waals surface area contributed by atoms with Crippen LogP contribution in [0.15, 0.2) is 29.3 Å². The molecule has 1 amide bonds. The molecule has 8 heteroatoms. The summed E-state index contributed by atoms with van der Waals surface area (Å²) in [5, 5.41) is 9.46. The molecule has 170 valence electrons. The molecule has 1 heterocycles. The van der Waals surface area contributed by atoms with E-state index in [-0.39, 0.29) is 29.9 Å². The Morgan fingerprint density at radius 1 is 1.17 bits per heavy atom. The lowest BCUT2D eigenvalue weighted by molar-refractivity contribution is 0.0954. The van der Waals surface area contributed by atoms with E-state index in [2.05, 4.69) is 39.7 Å². The Hall–Kier alpha value is -1.55. The molecule has 0 aliphatic carbocycles. The number of nitrogens with zero attached hydrogens (tertiary/aromatic N) is 2. The third kappa shape index (κ3) is 9.51. The van der Waals surface area contributed by atoms with Crippen LogP contribution in [0.4, 0.5) is 0 Å². The minimum atomic E-state index is -0.0907. The van der Waals surface area contributed by atoms with Crippen molar-refractivity contribution in [2.45, 2.75) is 45.6 Å². The minimum absolute atomic E-state index is 0. The van der Waals surface area contributed by atoms with Crippen LogP contribution < -0.4 is 20.7 Å². The molecule has 1 aromatic rings. The van der Waals surface area contributed by atoms with Crippen LogP contribution >= 0.6 is 24.0 Å². The predicted octanol–water partition coefficient (Wildman–Crippen LogP) is 2.86. The average molecular weight is 531 g/mol. The second kappa shape index (κ2) is 15.3. The van der Waals surface area contributed by atoms with Crippen molar-refractivity contribution < 1.29 is 9.53 Å². The molecule has 0 spiro atoms. The molecule has 1 aliphatic heterocycles. The molecule has 0 saturated carbocycles. The molecular weight excluding hydrogens is 493 g/mol. The van der Waals surface area contributed by atoms with E-state index in [0.29, 0.717) is 24.7 Å². The summed E-state index contributed by atoms with van der Waals surface area (Å²) in [7, 11) is 1.61. The Bertz CT molecular complexity index is 639. The molecule has 1 saturated heterocycles. The fourth-order valence-corrected chi connectivity index (χ4v) is 3.50. The van der Waals surface area contributed by atoms with Gasteiger partial charge in [-0.25, -0.2) is 0 Å². The van der Waals surface area contributed by atoms with Crippen LogP contribution in [0.2, 0.25) is 0 Å². The summed E-state index contributed by atoms with van der Waals surface area (Å²) in [6.45, 7) is 9.48. The highest BCUT2D eigenvalue weighted by atomic mass is 127. The van der Waals surface area contributed by atoms with Gasteiger partial charge in [0.05, 0.1) is 7.11 Å². The van der Waals surface area contributed by atoms with Gasteiger partial charge in [-0.3, -0.25) is 9.79 Å². The summed E-state index contributed by atoms with van der Waals surface area (Å²) in [4.78, 5) is 19.4. The lowest BCUT2D eigenvalue weighted by Crippen LogP contribution is -2.42. The van der Waals surface area contributed by atoms with Gasteiger partial charge in [0.1, 0.15) is 5.75 Å². The molecule has 7 nitrogen and oxygen atoms in total. The SMILES string of the molecule is CCNC(=NCCCN1CCCCC1C)NCCNC(=O)c1ccc(OC)cc1.I. The van der Waals surface area contributed by atoms with Crippen molar-refractivity contribution in [1.82, 2.24) is 20.9 Å². The maximum atomic E-state index is 12.2. The molecule has 1 atom stereocenters. The summed E-state index contributed by atoms with van der Waals surface area (Å²) >= 11 is 0. The molecule has 1 unspecified atom stereocenters. The number of hydrogen-bond acceptors (Lipinski definition) is 4. The smallest absolute Gasteiger partial charge is 0.251 e. The number of halogens is 1. The molecular formula is C22H38IN5O2. The number of nitrogens with one attached hydrogen (secondary N) is 3. The highest BCUT2D eigenvalue weighted by molar-refractivity contribution is 14.0. The van der Waals surface area contributed by atoms with Crippen molar-refractivity contribution in [3.8, 4) is 5.75 Å². The monoisotopic (exact) mass is 531 g/mol. The van der Waals surface area contributed by atoms with Crippen LogP contribution in [0.25, 0.3) is 0 Å². The van der Waals surface area contributed by atoms with Gasteiger partial charge >= 0.3 is 0 Å². The molecule has 1 fully saturated rings. The second-order valence-corrected chi connectivity index (χ2v) is 7.41. The van der Waals surface area contributed by atoms with Gasteiger partial charge in [-0.2, -0.15) is 0 Å². The summed E-state index contributed by atoms with van der Waals surface area (Å²) in [5.41, 5.74) is 0.623. The first-order chi connectivity index (χ1) is 14.1. The molecule has 3 N–H and O–H groups in total. The first kappa shape index (κ1) is 26.5. The number of rotatable bonds is 10. The Morgan fingerprint density at radius 3 is 2.57 bits per heavy atom. The van der Waals surface area contributed by atoms with Crippen LogP contribution in [0, 0.1) is 0 Å². The molecule has 0 bridgehead atoms. The number of guanidine groups is 1. The van der Waals surface area contributed by atoms with Crippen molar-refractivity contribution >= 4 is 35.8 Å². The van der Waals surface area contributed by atoms with Crippen molar-refractivity contribution in [2.75, 3.05) is 46.4 Å². The van der Waals surface area contributed by atoms with Crippen LogP contribution in [0.3, 0.4) is 0 Å². The van der Waals surface area contributed by atoms with E-state index in [1.54, 1.807) is 31.4 Å². The summed E-state index contributed by atoms with van der Waals surface area (Å²) in [6.07, 6.45) is 5.06. The maximum Gasteiger partial charge on any atom is 0.251 e. The molecule has 2 rings (SSSR count). The van der Waals surface area contributed by atoms with E-state index in [0.717, 1.165) is 37.8 Å². The third-order valence-electron chi connectivity index (χ3n) is 5.21. The minimum Gasteiger partial charge on any atom is -0.497 e. The molecule has 1 aromatic carbocycles. The van der Waals surface area contributed by atoms with Crippen LogP contribution in [0.1, 0.15) is 49.9 Å². The van der Waals surface area contributed by atoms with Crippen LogP contribution in [-0.4, -0.2) is 69.2 Å². The zero-order valence-corrected chi connectivity index (χ0v) is 20.9. The highest BCUT2D eigenvalue weighted by Gasteiger charge is 2.17. The number of amides is 1. The van der Waals surface area contributed by atoms with Gasteiger partial charge in [0.25, 0.3) is 5.91 Å². The van der Waals surface area contributed by atoms with Crippen molar-refractivity contribution in [2.24, 2.45) is 4.99 Å². The molecule has 1 aliphatic rings. The Balaban J connectivity index is 0.00000450. The van der Waals surface area contributed by atoms with Crippen molar-refractivity contribution in [3.63, 3.8) is 0 Å². The zero-order chi connectivity index (χ0) is 20.9. The lowest BCUT2D eigenvalue weighted by atomic mass is 10.0. The third-order valence-corrected chi connectivity index (χ3v) is 5.21. The van der Waals surface area contributed by atoms with Gasteiger partial charge in [0.15, 0.2) is 5.96 Å². The molecule has 0 aromatic heterocycles. The van der Waals surface area contributed by atoms with Gasteiger partial charge in [-0.05, 0) is 63.9 Å². The van der Waals surface area contributed by atoms with E-state index >= 15 is 0 Å². The van der Waals surface area contributed by atoms with Gasteiger partial charge in [0.2, 0.25) is 0 Å². The number of hydrogen-bond donors (Lipinski definition) is 3. The standard InChI is InChI=1S/C22H37N5O2.HI/c1-4-23-22(25-13-7-17-27-16-6-5-8-18(27)2)26-15-14-24-21(28)19-9-11-20(29-3)12-10-19;/h9-12,18H,4-8,13-17H2,1-3H3,(H,24,28)(H2,23,25,26);1H. The largest absolute Gasteiger partial charge is 0.497 e. The Morgan fingerprint density at radius 2 is 1.90 bits per heavy atom. The summed E-state index contributed by atoms with van der Waals surface area (Å²) in [6, 6.07) is 7.79. The second-order valence-electron chi connectivity index (χ2n) is 7.41. The summed E-state index contributed by atoms with van der Waals surface area (Å²) < 4.78 is 5.11. The number of carbonyl (C=O) groups excluding carboxylic acids is 1. The topological polar surface area (TPSA) is 78.0 Å². The van der Waals surface area contributed by atoms with Crippen molar-refractivity contribution in [3.05, 3.63) is 29.8 Å². The fourth-order valence-electron chi connectivity index (χ4n) is 3.50. The van der Waals surface area contributed by atoms with Crippen LogP contribution in [0.5, 0.6) is 5.75 Å². The van der Waals surface area contributed by atoms with E-state index < -0.39 is 0 Å². The predicted molar refractivity (Wildman–Crippen MR) is 134 cm³/mol. The van der Waals surface area contributed by atoms with Gasteiger partial charge in [-0.1, -0.05) is 6.42 Å². The number of carbonyl (C=O) groups is 1. The van der Waals surface area contributed by atoms with E-state index in [4.69, 9.17) is 4.74 Å². The molecule has 30 heavy (non-hydrogen) atoms. The van der Waals surface area contributed by atoms with Crippen LogP contribution in [-0.2, 0) is 0 Å². The van der Waals surface area contributed by atoms with E-state index in [9.17, 15) is 4.79 Å². The number of piperidine rings is 1. The number of aliphatic imine (C=N–C) groups is 1. The number of methoxy groups -OCH3 is 1. The summed E-state index contributed by atoms with van der Waals surface area (Å²) in [5.74, 6) is 1.45. The number of benzene rings is 1. The zero-order valence-electron chi connectivity index (χ0n) is 18.6. The Labute approximate surface area is 198 Å². The highest BCUT2D eigenvalue weighted by Crippen LogP contribution is 2.16. The number of ether oxygens (including phenoxy) is 1. The molecule has 0 radical (unpaired) electrons. The van der Waals surface area contributed by atoms with E-state index in [1.165, 1.54) is 25.8 Å². The Kier molecular flexibility index (Phi) is 13.5. The lowest BCUT2D eigenvalue weighted by Gasteiger charge is -2.33. The fraction of sp³-hybridized carbons (Fsp3) is 0.636. The first-order valence-electron chi connectivity index (χ1n) is 10.8. The van der Waals surface area contributed by atoms with Gasteiger partial charge in [-0.15, -0.1) is 24.0 Å². The van der Waals surface area contributed by atoms with Gasteiger partial charge in [0, 0.05) is 44.3 Å². The number of likely N-dealkylation sites (tertiary alicyclic amines) is 1. The van der Waals surface area contributed by atoms with E-state index in [1.807, 2.05) is 0 Å². The average Bonchev–Trinajstić information content (AvgIpc) is 2.75. The quantitative estimate of drug-likeness (QED) is 0.187. The van der Waals surface area contributed by atoms with Crippen molar-refractivity contribution in [1.29, 1.82) is 0 Å². The maximum absolute atomic E-state index is 12.2. The van der Waals surface area contributed by atoms with Gasteiger partial charge < -0.3 is 25.6 Å². The normalized spacial score (nSPS) is 17.0.